The van der Waals surface area contributed by atoms with Crippen LogP contribution in [0.3, 0.4) is 0 Å². The average molecular weight is 306 g/mol. The molecule has 1 aliphatic carbocycles. The van der Waals surface area contributed by atoms with Crippen molar-refractivity contribution in [1.82, 2.24) is 25.0 Å². The molecule has 0 aromatic carbocycles. The minimum Gasteiger partial charge on any atom is -0.357 e. The molecule has 0 spiro atoms. The highest BCUT2D eigenvalue weighted by Gasteiger charge is 2.20. The molecule has 1 aromatic rings. The van der Waals surface area contributed by atoms with E-state index in [1.54, 1.807) is 11.0 Å². The largest absolute Gasteiger partial charge is 0.357 e. The summed E-state index contributed by atoms with van der Waals surface area (Å²) in [5.74, 6) is 3.54. The molecule has 0 unspecified atom stereocenters. The summed E-state index contributed by atoms with van der Waals surface area (Å²) in [4.78, 5) is 11.2. The van der Waals surface area contributed by atoms with Gasteiger partial charge in [0.1, 0.15) is 18.7 Å². The van der Waals surface area contributed by atoms with Crippen LogP contribution in [0.25, 0.3) is 0 Å². The second-order valence-electron chi connectivity index (χ2n) is 6.48. The lowest BCUT2D eigenvalue weighted by molar-refractivity contribution is 0.250. The Morgan fingerprint density at radius 1 is 1.41 bits per heavy atom. The van der Waals surface area contributed by atoms with E-state index in [4.69, 9.17) is 4.99 Å². The van der Waals surface area contributed by atoms with E-state index in [9.17, 15) is 0 Å². The molecule has 1 fully saturated rings. The second-order valence-corrected chi connectivity index (χ2v) is 6.48. The summed E-state index contributed by atoms with van der Waals surface area (Å²) in [5.41, 5.74) is 0. The molecule has 0 aliphatic heterocycles. The number of rotatable bonds is 5. The molecule has 1 N–H and O–H groups in total. The van der Waals surface area contributed by atoms with Gasteiger partial charge in [0.15, 0.2) is 5.96 Å². The van der Waals surface area contributed by atoms with E-state index in [0.717, 1.165) is 36.7 Å². The van der Waals surface area contributed by atoms with Gasteiger partial charge in [-0.05, 0) is 31.6 Å². The predicted molar refractivity (Wildman–Crippen MR) is 89.6 cm³/mol. The smallest absolute Gasteiger partial charge is 0.194 e. The molecule has 0 saturated heterocycles. The normalized spacial score (nSPS) is 22.6. The fraction of sp³-hybridized carbons (Fsp3) is 0.812. The van der Waals surface area contributed by atoms with Gasteiger partial charge in [0.2, 0.25) is 0 Å². The monoisotopic (exact) mass is 306 g/mol. The van der Waals surface area contributed by atoms with Crippen LogP contribution in [0.4, 0.5) is 0 Å². The number of guanidine groups is 1. The first-order valence-corrected chi connectivity index (χ1v) is 8.42. The molecule has 0 atom stereocenters. The SMILES string of the molecule is CCNC(=NCc1ncnn1C)N(C)CC1CCC(C)CC1. The highest BCUT2D eigenvalue weighted by Crippen LogP contribution is 2.28. The van der Waals surface area contributed by atoms with Crippen LogP contribution in [0.5, 0.6) is 0 Å². The van der Waals surface area contributed by atoms with Gasteiger partial charge < -0.3 is 10.2 Å². The van der Waals surface area contributed by atoms with E-state index < -0.39 is 0 Å². The van der Waals surface area contributed by atoms with Crippen molar-refractivity contribution < 1.29 is 0 Å². The van der Waals surface area contributed by atoms with E-state index in [-0.39, 0.29) is 0 Å². The molecule has 0 bridgehead atoms. The van der Waals surface area contributed by atoms with Gasteiger partial charge in [-0.1, -0.05) is 19.8 Å². The second kappa shape index (κ2) is 8.15. The van der Waals surface area contributed by atoms with Crippen LogP contribution in [0.2, 0.25) is 0 Å². The number of aliphatic imine (C=N–C) groups is 1. The minimum absolute atomic E-state index is 0.560. The Kier molecular flexibility index (Phi) is 6.21. The van der Waals surface area contributed by atoms with Gasteiger partial charge in [-0.3, -0.25) is 4.68 Å². The van der Waals surface area contributed by atoms with Gasteiger partial charge in [-0.25, -0.2) is 9.98 Å². The Balaban J connectivity index is 1.92. The first kappa shape index (κ1) is 16.8. The van der Waals surface area contributed by atoms with E-state index in [1.807, 2.05) is 7.05 Å². The van der Waals surface area contributed by atoms with Crippen molar-refractivity contribution in [2.75, 3.05) is 20.1 Å². The highest BCUT2D eigenvalue weighted by molar-refractivity contribution is 5.79. The Bertz CT molecular complexity index is 473. The van der Waals surface area contributed by atoms with Crippen molar-refractivity contribution >= 4 is 5.96 Å². The molecule has 1 aromatic heterocycles. The zero-order valence-corrected chi connectivity index (χ0v) is 14.4. The molecule has 0 radical (unpaired) electrons. The van der Waals surface area contributed by atoms with Crippen LogP contribution in [0.15, 0.2) is 11.3 Å². The summed E-state index contributed by atoms with van der Waals surface area (Å²) in [5, 5.41) is 7.47. The van der Waals surface area contributed by atoms with Crippen LogP contribution in [-0.2, 0) is 13.6 Å². The Morgan fingerprint density at radius 2 is 2.14 bits per heavy atom. The molecule has 2 rings (SSSR count). The van der Waals surface area contributed by atoms with E-state index in [2.05, 4.69) is 41.2 Å². The molecule has 22 heavy (non-hydrogen) atoms. The Labute approximate surface area is 134 Å². The van der Waals surface area contributed by atoms with Gasteiger partial charge in [-0.2, -0.15) is 5.10 Å². The highest BCUT2D eigenvalue weighted by atomic mass is 15.3. The van der Waals surface area contributed by atoms with E-state index in [0.29, 0.717) is 6.54 Å². The molecule has 1 heterocycles. The minimum atomic E-state index is 0.560. The van der Waals surface area contributed by atoms with Crippen molar-refractivity contribution in [2.24, 2.45) is 23.9 Å². The van der Waals surface area contributed by atoms with Crippen molar-refractivity contribution in [2.45, 2.75) is 46.1 Å². The summed E-state index contributed by atoms with van der Waals surface area (Å²) in [6.45, 7) is 6.99. The lowest BCUT2D eigenvalue weighted by Crippen LogP contribution is -2.41. The fourth-order valence-electron chi connectivity index (χ4n) is 3.06. The predicted octanol–water partition coefficient (Wildman–Crippen LogP) is 2.04. The van der Waals surface area contributed by atoms with Crippen molar-refractivity contribution in [3.63, 3.8) is 0 Å². The number of nitrogens with one attached hydrogen (secondary N) is 1. The van der Waals surface area contributed by atoms with Crippen molar-refractivity contribution in [3.8, 4) is 0 Å². The summed E-state index contributed by atoms with van der Waals surface area (Å²) in [6.07, 6.45) is 6.99. The number of aromatic nitrogens is 3. The molecule has 1 saturated carbocycles. The van der Waals surface area contributed by atoms with Crippen molar-refractivity contribution in [1.29, 1.82) is 0 Å². The quantitative estimate of drug-likeness (QED) is 0.668. The number of hydrogen-bond acceptors (Lipinski definition) is 3. The van der Waals surface area contributed by atoms with Crippen LogP contribution in [0, 0.1) is 11.8 Å². The van der Waals surface area contributed by atoms with Crippen LogP contribution < -0.4 is 5.32 Å². The van der Waals surface area contributed by atoms with E-state index >= 15 is 0 Å². The van der Waals surface area contributed by atoms with Crippen LogP contribution in [-0.4, -0.2) is 45.8 Å². The standard InChI is InChI=1S/C16H30N6/c1-5-17-16(18-10-15-19-12-20-22(15)4)21(3)11-14-8-6-13(2)7-9-14/h12-14H,5-11H2,1-4H3,(H,17,18). The molecular formula is C16H30N6. The molecule has 6 heteroatoms. The molecule has 0 amide bonds. The first-order chi connectivity index (χ1) is 10.6. The van der Waals surface area contributed by atoms with Gasteiger partial charge in [0, 0.05) is 27.2 Å². The lowest BCUT2D eigenvalue weighted by Gasteiger charge is -2.31. The summed E-state index contributed by atoms with van der Waals surface area (Å²) in [6, 6.07) is 0. The third-order valence-corrected chi connectivity index (χ3v) is 4.54. The average Bonchev–Trinajstić information content (AvgIpc) is 2.91. The number of aryl methyl sites for hydroxylation is 1. The molecule has 124 valence electrons. The van der Waals surface area contributed by atoms with Gasteiger partial charge in [0.25, 0.3) is 0 Å². The van der Waals surface area contributed by atoms with Crippen LogP contribution >= 0.6 is 0 Å². The molecule has 6 nitrogen and oxygen atoms in total. The topological polar surface area (TPSA) is 58.3 Å². The number of nitrogens with zero attached hydrogens (tertiary/aromatic N) is 5. The number of hydrogen-bond donors (Lipinski definition) is 1. The molecular weight excluding hydrogens is 276 g/mol. The van der Waals surface area contributed by atoms with Gasteiger partial charge >= 0.3 is 0 Å². The summed E-state index contributed by atoms with van der Waals surface area (Å²) >= 11 is 0. The summed E-state index contributed by atoms with van der Waals surface area (Å²) < 4.78 is 1.77. The third-order valence-electron chi connectivity index (χ3n) is 4.54. The van der Waals surface area contributed by atoms with Crippen LogP contribution in [0.1, 0.15) is 45.4 Å². The zero-order chi connectivity index (χ0) is 15.9. The summed E-state index contributed by atoms with van der Waals surface area (Å²) in [7, 11) is 4.04. The fourth-order valence-corrected chi connectivity index (χ4v) is 3.06. The Morgan fingerprint density at radius 3 is 2.73 bits per heavy atom. The van der Waals surface area contributed by atoms with Crippen molar-refractivity contribution in [3.05, 3.63) is 12.2 Å². The lowest BCUT2D eigenvalue weighted by atomic mass is 9.83. The first-order valence-electron chi connectivity index (χ1n) is 8.42. The Hall–Kier alpha value is -1.59. The maximum absolute atomic E-state index is 4.71. The van der Waals surface area contributed by atoms with E-state index in [1.165, 1.54) is 25.7 Å². The maximum Gasteiger partial charge on any atom is 0.194 e. The molecule has 1 aliphatic rings. The third kappa shape index (κ3) is 4.71. The zero-order valence-electron chi connectivity index (χ0n) is 14.4. The van der Waals surface area contributed by atoms with Gasteiger partial charge in [-0.15, -0.1) is 0 Å². The maximum atomic E-state index is 4.71. The van der Waals surface area contributed by atoms with Gasteiger partial charge in [0.05, 0.1) is 0 Å².